The van der Waals surface area contributed by atoms with E-state index in [9.17, 15) is 43.3 Å². The molecule has 1 aromatic rings. The minimum atomic E-state index is -2.67. The minimum absolute atomic E-state index is 0.447. The van der Waals surface area contributed by atoms with Crippen LogP contribution in [-0.2, 0) is 0 Å². The van der Waals surface area contributed by atoms with Gasteiger partial charge in [0.2, 0.25) is 0 Å². The van der Waals surface area contributed by atoms with E-state index in [1.54, 1.807) is 0 Å². The van der Waals surface area contributed by atoms with Crippen molar-refractivity contribution in [2.45, 2.75) is 0 Å². The Labute approximate surface area is 151 Å². The second-order valence-corrected chi connectivity index (χ2v) is 3.54. The summed E-state index contributed by atoms with van der Waals surface area (Å²) in [6, 6.07) is 0.894. The zero-order valence-corrected chi connectivity index (χ0v) is 12.9. The molecule has 0 atom stereocenters. The number of hydrogen-bond acceptors (Lipinski definition) is 13. The van der Waals surface area contributed by atoms with Crippen LogP contribution in [0.3, 0.4) is 0 Å². The Bertz CT molecular complexity index is 594. The van der Waals surface area contributed by atoms with Crippen LogP contribution in [0.5, 0.6) is 5.75 Å². The number of nitro benzene ring substituents is 3. The molecule has 16 nitrogen and oxygen atoms in total. The van der Waals surface area contributed by atoms with Crippen LogP contribution in [0.15, 0.2) is 12.1 Å². The SMILES string of the molecule is O=[N+]([O-])c1cc([N+](=O)[O-])c(O)c([N+](=O)[O-])c1.OB(O)F.OB(O)F.OB(O)F. The quantitative estimate of drug-likeness (QED) is 0.157. The minimum Gasteiger partial charge on any atom is -0.497 e. The Kier molecular flexibility index (Phi) is 16.0. The van der Waals surface area contributed by atoms with Crippen molar-refractivity contribution in [3.05, 3.63) is 42.5 Å². The third-order valence-corrected chi connectivity index (χ3v) is 1.66. The van der Waals surface area contributed by atoms with Gasteiger partial charge >= 0.3 is 33.6 Å². The maximum atomic E-state index is 10.4. The smallest absolute Gasteiger partial charge is 0.497 e. The molecule has 1 aromatic carbocycles. The predicted octanol–water partition coefficient (Wildman–Crippen LogP) is -2.11. The van der Waals surface area contributed by atoms with Crippen LogP contribution >= 0.6 is 0 Å². The van der Waals surface area contributed by atoms with Gasteiger partial charge in [0.1, 0.15) is 0 Å². The first kappa shape index (κ1) is 29.7. The fourth-order valence-electron chi connectivity index (χ4n) is 0.974. The van der Waals surface area contributed by atoms with Crippen LogP contribution < -0.4 is 0 Å². The van der Waals surface area contributed by atoms with E-state index in [1.165, 1.54) is 0 Å². The number of nitro groups is 3. The van der Waals surface area contributed by atoms with Crippen LogP contribution in [0.2, 0.25) is 0 Å². The van der Waals surface area contributed by atoms with Gasteiger partial charge in [-0.3, -0.25) is 43.3 Å². The van der Waals surface area contributed by atoms with Gasteiger partial charge in [-0.2, -0.15) is 0 Å². The number of phenols is 1. The van der Waals surface area contributed by atoms with Crippen LogP contribution in [0, 0.1) is 30.3 Å². The van der Waals surface area contributed by atoms with Crippen molar-refractivity contribution in [2.75, 3.05) is 0 Å². The molecule has 0 aliphatic rings. The molecule has 0 saturated heterocycles. The van der Waals surface area contributed by atoms with Crippen molar-refractivity contribution < 1.29 is 63.0 Å². The molecular weight excluding hydrogens is 412 g/mol. The number of benzene rings is 1. The third-order valence-electron chi connectivity index (χ3n) is 1.66. The molecule has 28 heavy (non-hydrogen) atoms. The maximum Gasteiger partial charge on any atom is 0.674 e. The van der Waals surface area contributed by atoms with Gasteiger partial charge in [-0.1, -0.05) is 0 Å². The van der Waals surface area contributed by atoms with Crippen LogP contribution in [0.25, 0.3) is 0 Å². The molecular formula is C6H9B3F3N3O13. The highest BCUT2D eigenvalue weighted by Crippen LogP contribution is 2.38. The molecule has 0 heterocycles. The van der Waals surface area contributed by atoms with Crippen molar-refractivity contribution in [1.29, 1.82) is 0 Å². The van der Waals surface area contributed by atoms with Gasteiger partial charge in [0.25, 0.3) is 11.4 Å². The van der Waals surface area contributed by atoms with E-state index in [0.717, 1.165) is 0 Å². The summed E-state index contributed by atoms with van der Waals surface area (Å²) in [7, 11) is -8.00. The first-order valence-corrected chi connectivity index (χ1v) is 5.85. The molecule has 0 saturated carbocycles. The van der Waals surface area contributed by atoms with Gasteiger partial charge in [0.15, 0.2) is 0 Å². The summed E-state index contributed by atoms with van der Waals surface area (Å²) < 4.78 is 30.3. The van der Waals surface area contributed by atoms with Crippen LogP contribution in [-0.4, -0.2) is 72.2 Å². The first-order valence-electron chi connectivity index (χ1n) is 5.85. The molecule has 0 spiro atoms. The van der Waals surface area contributed by atoms with Gasteiger partial charge in [0, 0.05) is 0 Å². The third kappa shape index (κ3) is 17.8. The number of nitrogens with zero attached hydrogens (tertiary/aromatic N) is 3. The van der Waals surface area contributed by atoms with Crippen molar-refractivity contribution in [2.24, 2.45) is 0 Å². The van der Waals surface area contributed by atoms with Gasteiger partial charge < -0.3 is 35.3 Å². The molecule has 1 rings (SSSR count). The molecule has 0 amide bonds. The fourth-order valence-corrected chi connectivity index (χ4v) is 0.974. The lowest BCUT2D eigenvalue weighted by Crippen LogP contribution is -1.98. The molecule has 156 valence electrons. The number of phenolic OH excluding ortho intramolecular Hbond substituents is 1. The lowest BCUT2D eigenvalue weighted by atomic mass is 10.2. The van der Waals surface area contributed by atoms with Crippen molar-refractivity contribution >= 4 is 39.2 Å². The molecule has 0 aliphatic heterocycles. The van der Waals surface area contributed by atoms with Gasteiger partial charge in [0.05, 0.1) is 26.9 Å². The summed E-state index contributed by atoms with van der Waals surface area (Å²) in [6.07, 6.45) is 0. The molecule has 0 aromatic heterocycles. The zero-order chi connectivity index (χ0) is 23.2. The molecule has 0 fully saturated rings. The number of non-ortho nitro benzene ring substituents is 1. The topological polar surface area (TPSA) is 271 Å². The second-order valence-electron chi connectivity index (χ2n) is 3.54. The highest BCUT2D eigenvalue weighted by atomic mass is 19.1. The van der Waals surface area contributed by atoms with Crippen molar-refractivity contribution in [3.63, 3.8) is 0 Å². The fraction of sp³-hybridized carbons (Fsp3) is 0. The van der Waals surface area contributed by atoms with E-state index in [-0.39, 0.29) is 0 Å². The summed E-state index contributed by atoms with van der Waals surface area (Å²) in [5, 5.41) is 81.9. The van der Waals surface area contributed by atoms with E-state index >= 15 is 0 Å². The Morgan fingerprint density at radius 1 is 0.679 bits per heavy atom. The number of rotatable bonds is 3. The molecule has 7 N–H and O–H groups in total. The van der Waals surface area contributed by atoms with Crippen LogP contribution in [0.4, 0.5) is 30.0 Å². The van der Waals surface area contributed by atoms with Gasteiger partial charge in [-0.15, -0.1) is 0 Å². The summed E-state index contributed by atoms with van der Waals surface area (Å²) >= 11 is 0. The zero-order valence-electron chi connectivity index (χ0n) is 12.9. The molecule has 0 radical (unpaired) electrons. The normalized spacial score (nSPS) is 8.46. The first-order chi connectivity index (χ1) is 12.5. The van der Waals surface area contributed by atoms with E-state index in [4.69, 9.17) is 35.3 Å². The van der Waals surface area contributed by atoms with Crippen LogP contribution in [0.1, 0.15) is 0 Å². The predicted molar refractivity (Wildman–Crippen MR) is 82.0 cm³/mol. The monoisotopic (exact) mass is 421 g/mol. The lowest BCUT2D eigenvalue weighted by molar-refractivity contribution is -0.404. The number of aromatic hydroxyl groups is 1. The van der Waals surface area contributed by atoms with Crippen molar-refractivity contribution in [3.8, 4) is 5.75 Å². The largest absolute Gasteiger partial charge is 0.674 e. The Morgan fingerprint density at radius 3 is 1.04 bits per heavy atom. The van der Waals surface area contributed by atoms with Gasteiger partial charge in [-0.05, 0) is 0 Å². The average molecular weight is 421 g/mol. The number of halogens is 3. The maximum absolute atomic E-state index is 10.4. The Hall–Kier alpha value is -3.04. The highest BCUT2D eigenvalue weighted by molar-refractivity contribution is 6.32. The lowest BCUT2D eigenvalue weighted by Gasteiger charge is -1.97. The molecule has 0 unspecified atom stereocenters. The summed E-state index contributed by atoms with van der Waals surface area (Å²) in [5.74, 6) is -1.21. The standard InChI is InChI=1S/C6H3N3O7.3BFH2O2/c10-6-4(8(13)14)1-3(7(11)12)2-5(6)9(15)16;3*2-1(3)4/h1-2,10H;3*3-4H. The van der Waals surface area contributed by atoms with E-state index in [2.05, 4.69) is 0 Å². The Balaban J connectivity index is -0.000000427. The molecule has 0 bridgehead atoms. The van der Waals surface area contributed by atoms with E-state index in [1.807, 2.05) is 0 Å². The summed E-state index contributed by atoms with van der Waals surface area (Å²) in [5.41, 5.74) is -3.00. The van der Waals surface area contributed by atoms with E-state index < -0.39 is 59.8 Å². The Morgan fingerprint density at radius 2 is 0.893 bits per heavy atom. The summed E-state index contributed by atoms with van der Waals surface area (Å²) in [4.78, 5) is 27.8. The van der Waals surface area contributed by atoms with Crippen molar-refractivity contribution in [1.82, 2.24) is 0 Å². The number of hydrogen-bond donors (Lipinski definition) is 7. The second kappa shape index (κ2) is 15.1. The highest BCUT2D eigenvalue weighted by Gasteiger charge is 2.30. The molecule has 22 heteroatoms. The molecule has 0 aliphatic carbocycles. The van der Waals surface area contributed by atoms with E-state index in [0.29, 0.717) is 12.1 Å². The average Bonchev–Trinajstić information content (AvgIpc) is 2.44. The summed E-state index contributed by atoms with van der Waals surface area (Å²) in [6.45, 7) is 0. The van der Waals surface area contributed by atoms with Gasteiger partial charge in [-0.25, -0.2) is 0 Å².